The molecule has 124 valence electrons. The summed E-state index contributed by atoms with van der Waals surface area (Å²) in [6, 6.07) is 13.3. The van der Waals surface area contributed by atoms with E-state index < -0.39 is 0 Å². The van der Waals surface area contributed by atoms with Crippen molar-refractivity contribution in [1.82, 2.24) is 10.2 Å². The minimum absolute atomic E-state index is 0.149. The van der Waals surface area contributed by atoms with Crippen LogP contribution in [0.15, 0.2) is 48.5 Å². The Labute approximate surface area is 140 Å². The first-order valence-corrected chi connectivity index (χ1v) is 8.06. The molecule has 0 aliphatic carbocycles. The van der Waals surface area contributed by atoms with Crippen LogP contribution in [0.2, 0.25) is 0 Å². The van der Waals surface area contributed by atoms with Crippen molar-refractivity contribution in [2.75, 3.05) is 19.6 Å². The number of hydrogen-bond donors (Lipinski definition) is 1. The lowest BCUT2D eigenvalue weighted by Crippen LogP contribution is -2.35. The molecule has 0 bridgehead atoms. The number of rotatable bonds is 5. The second-order valence-electron chi connectivity index (χ2n) is 5.79. The molecule has 2 aromatic carbocycles. The summed E-state index contributed by atoms with van der Waals surface area (Å²) >= 11 is 0. The molecule has 0 unspecified atom stereocenters. The Morgan fingerprint density at radius 3 is 2.58 bits per heavy atom. The smallest absolute Gasteiger partial charge is 0.251 e. The highest BCUT2D eigenvalue weighted by molar-refractivity contribution is 6.00. The third-order valence-corrected chi connectivity index (χ3v) is 4.17. The summed E-state index contributed by atoms with van der Waals surface area (Å²) in [5, 5.41) is 2.86. The van der Waals surface area contributed by atoms with E-state index in [-0.39, 0.29) is 17.6 Å². The zero-order valence-corrected chi connectivity index (χ0v) is 13.3. The molecule has 3 rings (SSSR count). The van der Waals surface area contributed by atoms with Crippen molar-refractivity contribution in [2.24, 2.45) is 0 Å². The minimum Gasteiger partial charge on any atom is -0.350 e. The highest BCUT2D eigenvalue weighted by Crippen LogP contribution is 2.23. The van der Waals surface area contributed by atoms with Crippen LogP contribution < -0.4 is 5.32 Å². The zero-order chi connectivity index (χ0) is 16.9. The van der Waals surface area contributed by atoms with E-state index in [0.717, 1.165) is 24.1 Å². The summed E-state index contributed by atoms with van der Waals surface area (Å²) in [5.41, 5.74) is 2.08. The SMILES string of the molecule is O=C(NCCN1CCCC1=O)c1ccccc1-c1ccc(F)cc1. The van der Waals surface area contributed by atoms with Crippen LogP contribution in [0.25, 0.3) is 11.1 Å². The summed E-state index contributed by atoms with van der Waals surface area (Å²) in [6.45, 7) is 1.71. The van der Waals surface area contributed by atoms with Crippen molar-refractivity contribution < 1.29 is 14.0 Å². The fourth-order valence-corrected chi connectivity index (χ4v) is 2.90. The number of carbonyl (C=O) groups is 2. The predicted octanol–water partition coefficient (Wildman–Crippen LogP) is 2.84. The van der Waals surface area contributed by atoms with Gasteiger partial charge in [-0.25, -0.2) is 4.39 Å². The topological polar surface area (TPSA) is 49.4 Å². The first kappa shape index (κ1) is 16.2. The predicted molar refractivity (Wildman–Crippen MR) is 90.0 cm³/mol. The molecule has 1 fully saturated rings. The van der Waals surface area contributed by atoms with E-state index in [1.165, 1.54) is 12.1 Å². The van der Waals surface area contributed by atoms with Gasteiger partial charge in [-0.15, -0.1) is 0 Å². The number of nitrogens with zero attached hydrogens (tertiary/aromatic N) is 1. The first-order valence-electron chi connectivity index (χ1n) is 8.06. The normalized spacial score (nSPS) is 14.0. The Kier molecular flexibility index (Phi) is 4.89. The monoisotopic (exact) mass is 326 g/mol. The molecular weight excluding hydrogens is 307 g/mol. The Hall–Kier alpha value is -2.69. The minimum atomic E-state index is -0.309. The fourth-order valence-electron chi connectivity index (χ4n) is 2.90. The van der Waals surface area contributed by atoms with E-state index in [2.05, 4.69) is 5.32 Å². The van der Waals surface area contributed by atoms with Crippen LogP contribution in [-0.4, -0.2) is 36.3 Å². The Morgan fingerprint density at radius 1 is 1.12 bits per heavy atom. The molecule has 2 amide bonds. The molecule has 0 spiro atoms. The molecule has 1 aliphatic rings. The number of nitrogens with one attached hydrogen (secondary N) is 1. The van der Waals surface area contributed by atoms with Gasteiger partial charge >= 0.3 is 0 Å². The number of carbonyl (C=O) groups excluding carboxylic acids is 2. The molecular formula is C19H19FN2O2. The Morgan fingerprint density at radius 2 is 1.88 bits per heavy atom. The highest BCUT2D eigenvalue weighted by Gasteiger charge is 2.20. The molecule has 1 aliphatic heterocycles. The number of amides is 2. The van der Waals surface area contributed by atoms with Crippen LogP contribution in [-0.2, 0) is 4.79 Å². The molecule has 4 nitrogen and oxygen atoms in total. The molecule has 2 aromatic rings. The fraction of sp³-hybridized carbons (Fsp3) is 0.263. The Balaban J connectivity index is 1.68. The number of benzene rings is 2. The van der Waals surface area contributed by atoms with Gasteiger partial charge in [-0.3, -0.25) is 9.59 Å². The van der Waals surface area contributed by atoms with Crippen molar-refractivity contribution in [1.29, 1.82) is 0 Å². The maximum atomic E-state index is 13.1. The van der Waals surface area contributed by atoms with E-state index >= 15 is 0 Å². The molecule has 0 radical (unpaired) electrons. The van der Waals surface area contributed by atoms with Crippen LogP contribution in [0.3, 0.4) is 0 Å². The second-order valence-corrected chi connectivity index (χ2v) is 5.79. The van der Waals surface area contributed by atoms with E-state index in [0.29, 0.717) is 25.1 Å². The average Bonchev–Trinajstić information content (AvgIpc) is 3.01. The summed E-state index contributed by atoms with van der Waals surface area (Å²) < 4.78 is 13.1. The van der Waals surface area contributed by atoms with Crippen LogP contribution >= 0.6 is 0 Å². The lowest BCUT2D eigenvalue weighted by atomic mass is 9.99. The average molecular weight is 326 g/mol. The van der Waals surface area contributed by atoms with Crippen molar-refractivity contribution >= 4 is 11.8 Å². The second kappa shape index (κ2) is 7.25. The van der Waals surface area contributed by atoms with E-state index in [1.54, 1.807) is 29.2 Å². The van der Waals surface area contributed by atoms with Crippen LogP contribution in [0.1, 0.15) is 23.2 Å². The van der Waals surface area contributed by atoms with Crippen molar-refractivity contribution in [3.8, 4) is 11.1 Å². The maximum absolute atomic E-state index is 13.1. The standard InChI is InChI=1S/C19H19FN2O2/c20-15-9-7-14(8-10-15)16-4-1-2-5-17(16)19(24)21-11-13-22-12-3-6-18(22)23/h1-2,4-5,7-10H,3,6,11-13H2,(H,21,24). The van der Waals surface area contributed by atoms with Gasteiger partial charge in [0.15, 0.2) is 0 Å². The van der Waals surface area contributed by atoms with Gasteiger partial charge in [-0.1, -0.05) is 30.3 Å². The molecule has 1 N–H and O–H groups in total. The summed E-state index contributed by atoms with van der Waals surface area (Å²) in [6.07, 6.45) is 1.49. The van der Waals surface area contributed by atoms with Crippen LogP contribution in [0, 0.1) is 5.82 Å². The van der Waals surface area contributed by atoms with Gasteiger partial charge in [-0.2, -0.15) is 0 Å². The number of hydrogen-bond acceptors (Lipinski definition) is 2. The van der Waals surface area contributed by atoms with Crippen molar-refractivity contribution in [2.45, 2.75) is 12.8 Å². The maximum Gasteiger partial charge on any atom is 0.251 e. The number of halogens is 1. The van der Waals surface area contributed by atoms with Crippen LogP contribution in [0.4, 0.5) is 4.39 Å². The summed E-state index contributed by atoms with van der Waals surface area (Å²) in [5.74, 6) is -0.353. The molecule has 5 heteroatoms. The summed E-state index contributed by atoms with van der Waals surface area (Å²) in [4.78, 5) is 25.8. The molecule has 0 saturated carbocycles. The lowest BCUT2D eigenvalue weighted by Gasteiger charge is -2.16. The zero-order valence-electron chi connectivity index (χ0n) is 13.3. The quantitative estimate of drug-likeness (QED) is 0.918. The molecule has 1 saturated heterocycles. The number of likely N-dealkylation sites (tertiary alicyclic amines) is 1. The third-order valence-electron chi connectivity index (χ3n) is 4.17. The van der Waals surface area contributed by atoms with Gasteiger partial charge in [0.05, 0.1) is 0 Å². The van der Waals surface area contributed by atoms with Gasteiger partial charge < -0.3 is 10.2 Å². The molecule has 24 heavy (non-hydrogen) atoms. The first-order chi connectivity index (χ1) is 11.6. The van der Waals surface area contributed by atoms with Gasteiger partial charge in [0.25, 0.3) is 5.91 Å². The third kappa shape index (κ3) is 3.62. The van der Waals surface area contributed by atoms with Gasteiger partial charge in [-0.05, 0) is 35.7 Å². The van der Waals surface area contributed by atoms with E-state index in [1.807, 2.05) is 12.1 Å². The van der Waals surface area contributed by atoms with E-state index in [9.17, 15) is 14.0 Å². The van der Waals surface area contributed by atoms with Gasteiger partial charge in [0, 0.05) is 31.6 Å². The largest absolute Gasteiger partial charge is 0.350 e. The lowest BCUT2D eigenvalue weighted by molar-refractivity contribution is -0.127. The molecule has 0 atom stereocenters. The molecule has 1 heterocycles. The van der Waals surface area contributed by atoms with Gasteiger partial charge in [0.2, 0.25) is 5.91 Å². The Bertz CT molecular complexity index is 743. The molecule has 0 aromatic heterocycles. The van der Waals surface area contributed by atoms with Crippen LogP contribution in [0.5, 0.6) is 0 Å². The highest BCUT2D eigenvalue weighted by atomic mass is 19.1. The van der Waals surface area contributed by atoms with Gasteiger partial charge in [0.1, 0.15) is 5.82 Å². The summed E-state index contributed by atoms with van der Waals surface area (Å²) in [7, 11) is 0. The van der Waals surface area contributed by atoms with Crippen molar-refractivity contribution in [3.05, 3.63) is 59.9 Å². The van der Waals surface area contributed by atoms with Crippen molar-refractivity contribution in [3.63, 3.8) is 0 Å². The van der Waals surface area contributed by atoms with E-state index in [4.69, 9.17) is 0 Å².